The molecule has 1 fully saturated rings. The molecular formula is C21H20ClNO5. The SMILES string of the molecule is COCCN1C(=O)C(=O)C(=C(O)c2ccc(Cl)cc2)C1c1cccc(OC)c1. The number of hydrogen-bond donors (Lipinski definition) is 1. The summed E-state index contributed by atoms with van der Waals surface area (Å²) in [5.74, 6) is -1.08. The molecule has 3 rings (SSSR count). The summed E-state index contributed by atoms with van der Waals surface area (Å²) < 4.78 is 10.4. The fourth-order valence-electron chi connectivity index (χ4n) is 3.22. The van der Waals surface area contributed by atoms with Crippen LogP contribution in [0.4, 0.5) is 0 Å². The third-order valence-electron chi connectivity index (χ3n) is 4.60. The molecule has 1 N–H and O–H groups in total. The standard InChI is InChI=1S/C21H20ClNO5/c1-27-11-10-23-18(14-4-3-5-16(12-14)28-2)17(20(25)21(23)26)19(24)13-6-8-15(22)9-7-13/h3-9,12,18,24H,10-11H2,1-2H3. The predicted molar refractivity (Wildman–Crippen MR) is 105 cm³/mol. The molecule has 1 unspecified atom stereocenters. The van der Waals surface area contributed by atoms with E-state index in [1.54, 1.807) is 48.5 Å². The summed E-state index contributed by atoms with van der Waals surface area (Å²) in [6.07, 6.45) is 0. The number of hydrogen-bond acceptors (Lipinski definition) is 5. The van der Waals surface area contributed by atoms with Gasteiger partial charge in [0.25, 0.3) is 11.7 Å². The number of ketones is 1. The molecule has 1 aliphatic rings. The topological polar surface area (TPSA) is 76.1 Å². The maximum atomic E-state index is 12.8. The number of carbonyl (C=O) groups excluding carboxylic acids is 2. The van der Waals surface area contributed by atoms with Gasteiger partial charge in [-0.1, -0.05) is 23.7 Å². The molecule has 1 atom stereocenters. The predicted octanol–water partition coefficient (Wildman–Crippen LogP) is 3.42. The van der Waals surface area contributed by atoms with Gasteiger partial charge < -0.3 is 19.5 Å². The molecule has 0 radical (unpaired) electrons. The van der Waals surface area contributed by atoms with Gasteiger partial charge in [0.15, 0.2) is 0 Å². The highest BCUT2D eigenvalue weighted by atomic mass is 35.5. The number of carbonyl (C=O) groups is 2. The van der Waals surface area contributed by atoms with Crippen LogP contribution in [0.25, 0.3) is 5.76 Å². The number of amides is 1. The summed E-state index contributed by atoms with van der Waals surface area (Å²) in [7, 11) is 3.06. The molecule has 1 heterocycles. The summed E-state index contributed by atoms with van der Waals surface area (Å²) in [5, 5.41) is 11.4. The number of nitrogens with zero attached hydrogens (tertiary/aromatic N) is 1. The first-order chi connectivity index (χ1) is 13.5. The first-order valence-electron chi connectivity index (χ1n) is 8.65. The normalized spacial score (nSPS) is 18.5. The first kappa shape index (κ1) is 19.9. The maximum Gasteiger partial charge on any atom is 0.295 e. The zero-order valence-corrected chi connectivity index (χ0v) is 16.3. The molecule has 0 saturated carbocycles. The summed E-state index contributed by atoms with van der Waals surface area (Å²) >= 11 is 5.91. The maximum absolute atomic E-state index is 12.8. The van der Waals surface area contributed by atoms with Gasteiger partial charge in [-0.2, -0.15) is 0 Å². The smallest absolute Gasteiger partial charge is 0.295 e. The fourth-order valence-corrected chi connectivity index (χ4v) is 3.35. The van der Waals surface area contributed by atoms with Gasteiger partial charge in [0.05, 0.1) is 25.3 Å². The average molecular weight is 402 g/mol. The van der Waals surface area contributed by atoms with Gasteiger partial charge >= 0.3 is 0 Å². The third kappa shape index (κ3) is 3.74. The Morgan fingerprint density at radius 2 is 1.86 bits per heavy atom. The van der Waals surface area contributed by atoms with E-state index in [4.69, 9.17) is 21.1 Å². The lowest BCUT2D eigenvalue weighted by Gasteiger charge is -2.25. The van der Waals surface area contributed by atoms with Crippen molar-refractivity contribution in [1.82, 2.24) is 4.90 Å². The van der Waals surface area contributed by atoms with E-state index in [1.165, 1.54) is 19.1 Å². The summed E-state index contributed by atoms with van der Waals surface area (Å²) in [5.41, 5.74) is 1.09. The average Bonchev–Trinajstić information content (AvgIpc) is 2.97. The van der Waals surface area contributed by atoms with E-state index in [0.29, 0.717) is 21.9 Å². The van der Waals surface area contributed by atoms with E-state index >= 15 is 0 Å². The van der Waals surface area contributed by atoms with E-state index in [9.17, 15) is 14.7 Å². The molecular weight excluding hydrogens is 382 g/mol. The minimum absolute atomic E-state index is 0.0247. The van der Waals surface area contributed by atoms with Crippen LogP contribution in [-0.4, -0.2) is 49.1 Å². The van der Waals surface area contributed by atoms with E-state index in [2.05, 4.69) is 0 Å². The van der Waals surface area contributed by atoms with Crippen LogP contribution in [0.15, 0.2) is 54.1 Å². The van der Waals surface area contributed by atoms with E-state index in [-0.39, 0.29) is 24.5 Å². The van der Waals surface area contributed by atoms with Crippen molar-refractivity contribution in [3.05, 3.63) is 70.3 Å². The highest BCUT2D eigenvalue weighted by molar-refractivity contribution is 6.46. The van der Waals surface area contributed by atoms with Crippen molar-refractivity contribution in [2.75, 3.05) is 27.4 Å². The Morgan fingerprint density at radius 1 is 1.14 bits per heavy atom. The van der Waals surface area contributed by atoms with Crippen LogP contribution in [0.5, 0.6) is 5.75 Å². The van der Waals surface area contributed by atoms with E-state index in [0.717, 1.165) is 0 Å². The van der Waals surface area contributed by atoms with Crippen molar-refractivity contribution in [3.63, 3.8) is 0 Å². The Balaban J connectivity index is 2.16. The molecule has 1 aliphatic heterocycles. The second-order valence-electron chi connectivity index (χ2n) is 6.27. The quantitative estimate of drug-likeness (QED) is 0.456. The van der Waals surface area contributed by atoms with Crippen molar-refractivity contribution in [2.45, 2.75) is 6.04 Å². The zero-order valence-electron chi connectivity index (χ0n) is 15.5. The molecule has 0 aliphatic carbocycles. The summed E-state index contributed by atoms with van der Waals surface area (Å²) in [6.45, 7) is 0.467. The monoisotopic (exact) mass is 401 g/mol. The highest BCUT2D eigenvalue weighted by Crippen LogP contribution is 2.40. The molecule has 1 amide bonds. The molecule has 0 spiro atoms. The van der Waals surface area contributed by atoms with Crippen LogP contribution >= 0.6 is 11.6 Å². The van der Waals surface area contributed by atoms with Gasteiger partial charge in [-0.15, -0.1) is 0 Å². The summed E-state index contributed by atoms with van der Waals surface area (Å²) in [4.78, 5) is 26.9. The van der Waals surface area contributed by atoms with Gasteiger partial charge in [-0.25, -0.2) is 0 Å². The number of halogens is 1. The number of Topliss-reactive ketones (excluding diaryl/α,β-unsaturated/α-hetero) is 1. The minimum Gasteiger partial charge on any atom is -0.507 e. The Labute approximate surface area is 167 Å². The molecule has 28 heavy (non-hydrogen) atoms. The number of ether oxygens (including phenoxy) is 2. The van der Waals surface area contributed by atoms with E-state index in [1.807, 2.05) is 0 Å². The molecule has 7 heteroatoms. The van der Waals surface area contributed by atoms with Crippen LogP contribution < -0.4 is 4.74 Å². The number of methoxy groups -OCH3 is 2. The summed E-state index contributed by atoms with van der Waals surface area (Å²) in [6, 6.07) is 12.7. The lowest BCUT2D eigenvalue weighted by Crippen LogP contribution is -2.32. The number of likely N-dealkylation sites (tertiary alicyclic amines) is 1. The molecule has 146 valence electrons. The zero-order chi connectivity index (χ0) is 20.3. The molecule has 0 aromatic heterocycles. The van der Waals surface area contributed by atoms with Crippen LogP contribution in [-0.2, 0) is 14.3 Å². The van der Waals surface area contributed by atoms with Gasteiger partial charge in [0, 0.05) is 24.2 Å². The van der Waals surface area contributed by atoms with Crippen molar-refractivity contribution < 1.29 is 24.2 Å². The largest absolute Gasteiger partial charge is 0.507 e. The first-order valence-corrected chi connectivity index (χ1v) is 9.03. The molecule has 1 saturated heterocycles. The van der Waals surface area contributed by atoms with Gasteiger partial charge in [0.1, 0.15) is 11.5 Å². The molecule has 6 nitrogen and oxygen atoms in total. The number of rotatable bonds is 6. The Morgan fingerprint density at radius 3 is 2.50 bits per heavy atom. The highest BCUT2D eigenvalue weighted by Gasteiger charge is 2.45. The second kappa shape index (κ2) is 8.46. The fraction of sp³-hybridized carbons (Fsp3) is 0.238. The van der Waals surface area contributed by atoms with Crippen molar-refractivity contribution in [1.29, 1.82) is 0 Å². The Hall–Kier alpha value is -2.83. The van der Waals surface area contributed by atoms with Gasteiger partial charge in [-0.3, -0.25) is 9.59 Å². The Kier molecular flexibility index (Phi) is 6.02. The van der Waals surface area contributed by atoms with Gasteiger partial charge in [0.2, 0.25) is 0 Å². The second-order valence-corrected chi connectivity index (χ2v) is 6.71. The number of aliphatic hydroxyl groups excluding tert-OH is 1. The van der Waals surface area contributed by atoms with Crippen LogP contribution in [0, 0.1) is 0 Å². The molecule has 0 bridgehead atoms. The van der Waals surface area contributed by atoms with Crippen molar-refractivity contribution >= 4 is 29.1 Å². The number of benzene rings is 2. The van der Waals surface area contributed by atoms with Crippen molar-refractivity contribution in [3.8, 4) is 5.75 Å². The third-order valence-corrected chi connectivity index (χ3v) is 4.86. The van der Waals surface area contributed by atoms with E-state index < -0.39 is 17.7 Å². The van der Waals surface area contributed by atoms with Crippen LogP contribution in [0.1, 0.15) is 17.2 Å². The van der Waals surface area contributed by atoms with Gasteiger partial charge in [-0.05, 0) is 42.0 Å². The Bertz CT molecular complexity index is 923. The van der Waals surface area contributed by atoms with Crippen molar-refractivity contribution in [2.24, 2.45) is 0 Å². The minimum atomic E-state index is -0.749. The van der Waals surface area contributed by atoms with Crippen LogP contribution in [0.3, 0.4) is 0 Å². The van der Waals surface area contributed by atoms with Crippen LogP contribution in [0.2, 0.25) is 5.02 Å². The lowest BCUT2D eigenvalue weighted by atomic mass is 9.95. The lowest BCUT2D eigenvalue weighted by molar-refractivity contribution is -0.140. The molecule has 2 aromatic carbocycles. The number of aliphatic hydroxyl groups is 1. The molecule has 2 aromatic rings.